The van der Waals surface area contributed by atoms with Crippen LogP contribution in [-0.4, -0.2) is 5.97 Å². The summed E-state index contributed by atoms with van der Waals surface area (Å²) in [7, 11) is 0. The molecular weight excluding hydrogens is 384 g/mol. The maximum absolute atomic E-state index is 15.2. The van der Waals surface area contributed by atoms with E-state index in [1.807, 2.05) is 6.07 Å². The first-order chi connectivity index (χ1) is 14.5. The fraction of sp³-hybridized carbons (Fsp3) is 0.200. The molecule has 0 bridgehead atoms. The number of benzene rings is 3. The SMILES string of the molecule is CCCCc1ccc2c(c1)Cc1c-2ccc(C(=O)Oc2ccc(C#N)c(F)c2)c1F. The minimum atomic E-state index is -0.904. The van der Waals surface area contributed by atoms with Crippen LogP contribution in [0.1, 0.15) is 52.4 Å². The van der Waals surface area contributed by atoms with Crippen LogP contribution in [0.15, 0.2) is 48.5 Å². The van der Waals surface area contributed by atoms with E-state index in [1.165, 1.54) is 23.8 Å². The number of rotatable bonds is 5. The van der Waals surface area contributed by atoms with Crippen LogP contribution in [-0.2, 0) is 12.8 Å². The van der Waals surface area contributed by atoms with Crippen LogP contribution in [0.5, 0.6) is 5.75 Å². The van der Waals surface area contributed by atoms with Gasteiger partial charge >= 0.3 is 5.97 Å². The number of esters is 1. The number of nitrogens with zero attached hydrogens (tertiary/aromatic N) is 1. The molecule has 0 amide bonds. The van der Waals surface area contributed by atoms with Gasteiger partial charge < -0.3 is 4.74 Å². The lowest BCUT2D eigenvalue weighted by molar-refractivity contribution is 0.0729. The third kappa shape index (κ3) is 3.57. The van der Waals surface area contributed by atoms with Crippen LogP contribution < -0.4 is 4.74 Å². The Morgan fingerprint density at radius 2 is 1.90 bits per heavy atom. The van der Waals surface area contributed by atoms with Crippen LogP contribution in [0.25, 0.3) is 11.1 Å². The van der Waals surface area contributed by atoms with Gasteiger partial charge in [-0.3, -0.25) is 0 Å². The van der Waals surface area contributed by atoms with Crippen molar-refractivity contribution in [2.24, 2.45) is 0 Å². The zero-order valence-corrected chi connectivity index (χ0v) is 16.5. The summed E-state index contributed by atoms with van der Waals surface area (Å²) in [5.74, 6) is -2.40. The highest BCUT2D eigenvalue weighted by Crippen LogP contribution is 2.39. The van der Waals surface area contributed by atoms with Crippen LogP contribution in [0, 0.1) is 23.0 Å². The quantitative estimate of drug-likeness (QED) is 0.305. The van der Waals surface area contributed by atoms with Crippen molar-refractivity contribution < 1.29 is 18.3 Å². The fourth-order valence-corrected chi connectivity index (χ4v) is 3.80. The molecule has 0 aliphatic heterocycles. The summed E-state index contributed by atoms with van der Waals surface area (Å²) in [5, 5.41) is 8.78. The number of nitriles is 1. The molecule has 0 fully saturated rings. The Morgan fingerprint density at radius 3 is 2.63 bits per heavy atom. The lowest BCUT2D eigenvalue weighted by Crippen LogP contribution is -2.12. The summed E-state index contributed by atoms with van der Waals surface area (Å²) in [6, 6.07) is 14.5. The molecule has 5 heteroatoms. The zero-order valence-electron chi connectivity index (χ0n) is 16.5. The molecule has 0 spiro atoms. The monoisotopic (exact) mass is 403 g/mol. The van der Waals surface area contributed by atoms with Crippen LogP contribution in [0.4, 0.5) is 8.78 Å². The van der Waals surface area contributed by atoms with E-state index in [2.05, 4.69) is 19.1 Å². The third-order valence-corrected chi connectivity index (χ3v) is 5.38. The number of halogens is 2. The van der Waals surface area contributed by atoms with Gasteiger partial charge in [-0.25, -0.2) is 13.6 Å². The Bertz CT molecular complexity index is 1190. The number of unbranched alkanes of at least 4 members (excludes halogenated alkanes) is 1. The van der Waals surface area contributed by atoms with E-state index in [-0.39, 0.29) is 16.9 Å². The molecule has 0 saturated heterocycles. The first kappa shape index (κ1) is 19.8. The highest BCUT2D eigenvalue weighted by molar-refractivity contribution is 5.93. The third-order valence-electron chi connectivity index (χ3n) is 5.38. The van der Waals surface area contributed by atoms with Crippen molar-refractivity contribution in [1.29, 1.82) is 5.26 Å². The van der Waals surface area contributed by atoms with E-state index >= 15 is 4.39 Å². The Hall–Kier alpha value is -3.52. The molecule has 0 N–H and O–H groups in total. The van der Waals surface area contributed by atoms with Gasteiger partial charge in [-0.1, -0.05) is 37.6 Å². The molecule has 150 valence electrons. The summed E-state index contributed by atoms with van der Waals surface area (Å²) in [4.78, 5) is 12.5. The molecular formula is C25H19F2NO2. The predicted molar refractivity (Wildman–Crippen MR) is 109 cm³/mol. The van der Waals surface area contributed by atoms with Gasteiger partial charge in [0.15, 0.2) is 0 Å². The van der Waals surface area contributed by atoms with Crippen molar-refractivity contribution >= 4 is 5.97 Å². The van der Waals surface area contributed by atoms with E-state index in [9.17, 15) is 9.18 Å². The minimum Gasteiger partial charge on any atom is -0.423 e. The summed E-state index contributed by atoms with van der Waals surface area (Å²) in [6.07, 6.45) is 3.62. The second kappa shape index (κ2) is 8.08. The summed E-state index contributed by atoms with van der Waals surface area (Å²) >= 11 is 0. The van der Waals surface area contributed by atoms with Gasteiger partial charge in [0.25, 0.3) is 0 Å². The molecule has 0 unspecified atom stereocenters. The smallest absolute Gasteiger partial charge is 0.346 e. The van der Waals surface area contributed by atoms with Crippen molar-refractivity contribution in [2.45, 2.75) is 32.6 Å². The number of hydrogen-bond acceptors (Lipinski definition) is 3. The molecule has 3 nitrogen and oxygen atoms in total. The molecule has 3 aromatic carbocycles. The van der Waals surface area contributed by atoms with Crippen LogP contribution in [0.2, 0.25) is 0 Å². The average molecular weight is 403 g/mol. The maximum Gasteiger partial charge on any atom is 0.346 e. The number of fused-ring (bicyclic) bond motifs is 3. The highest BCUT2D eigenvalue weighted by Gasteiger charge is 2.26. The lowest BCUT2D eigenvalue weighted by Gasteiger charge is -2.09. The normalized spacial score (nSPS) is 11.5. The van der Waals surface area contributed by atoms with E-state index in [0.717, 1.165) is 42.0 Å². The average Bonchev–Trinajstić information content (AvgIpc) is 3.11. The number of ether oxygens (including phenoxy) is 1. The summed E-state index contributed by atoms with van der Waals surface area (Å²) in [6.45, 7) is 2.14. The van der Waals surface area contributed by atoms with Gasteiger partial charge in [0.05, 0.1) is 11.1 Å². The molecule has 1 aliphatic rings. The van der Waals surface area contributed by atoms with Crippen molar-refractivity contribution in [1.82, 2.24) is 0 Å². The van der Waals surface area contributed by atoms with Gasteiger partial charge in [-0.2, -0.15) is 5.26 Å². The molecule has 3 aromatic rings. The number of carbonyl (C=O) groups excluding carboxylic acids is 1. The van der Waals surface area contributed by atoms with Gasteiger partial charge in [0.1, 0.15) is 23.5 Å². The van der Waals surface area contributed by atoms with Crippen molar-refractivity contribution in [3.05, 3.63) is 88.0 Å². The highest BCUT2D eigenvalue weighted by atomic mass is 19.1. The largest absolute Gasteiger partial charge is 0.423 e. The van der Waals surface area contributed by atoms with Crippen LogP contribution in [0.3, 0.4) is 0 Å². The van der Waals surface area contributed by atoms with Gasteiger partial charge in [-0.05, 0) is 53.3 Å². The van der Waals surface area contributed by atoms with E-state index in [1.54, 1.807) is 12.1 Å². The van der Waals surface area contributed by atoms with Gasteiger partial charge in [-0.15, -0.1) is 0 Å². The molecule has 0 atom stereocenters. The molecule has 0 saturated carbocycles. The summed E-state index contributed by atoms with van der Waals surface area (Å²) in [5.41, 5.74) is 4.16. The second-order valence-corrected chi connectivity index (χ2v) is 7.37. The van der Waals surface area contributed by atoms with E-state index in [0.29, 0.717) is 12.0 Å². The predicted octanol–water partition coefficient (Wildman–Crippen LogP) is 5.97. The van der Waals surface area contributed by atoms with Crippen molar-refractivity contribution in [2.75, 3.05) is 0 Å². The zero-order chi connectivity index (χ0) is 21.3. The van der Waals surface area contributed by atoms with Crippen molar-refractivity contribution in [3.8, 4) is 22.9 Å². The van der Waals surface area contributed by atoms with Gasteiger partial charge in [0.2, 0.25) is 0 Å². The maximum atomic E-state index is 15.2. The van der Waals surface area contributed by atoms with Crippen molar-refractivity contribution in [3.63, 3.8) is 0 Å². The van der Waals surface area contributed by atoms with Gasteiger partial charge in [0, 0.05) is 18.1 Å². The first-order valence-corrected chi connectivity index (χ1v) is 9.87. The van der Waals surface area contributed by atoms with E-state index in [4.69, 9.17) is 10.00 Å². The second-order valence-electron chi connectivity index (χ2n) is 7.37. The Kier molecular flexibility index (Phi) is 5.33. The first-order valence-electron chi connectivity index (χ1n) is 9.87. The Labute approximate surface area is 173 Å². The van der Waals surface area contributed by atoms with E-state index < -0.39 is 17.6 Å². The lowest BCUT2D eigenvalue weighted by atomic mass is 10.0. The Balaban J connectivity index is 1.59. The Morgan fingerprint density at radius 1 is 1.10 bits per heavy atom. The number of aryl methyl sites for hydroxylation is 1. The summed E-state index contributed by atoms with van der Waals surface area (Å²) < 4.78 is 34.0. The molecule has 30 heavy (non-hydrogen) atoms. The topological polar surface area (TPSA) is 50.1 Å². The minimum absolute atomic E-state index is 0.0831. The molecule has 4 rings (SSSR count). The number of carbonyl (C=O) groups is 1. The molecule has 0 heterocycles. The number of hydrogen-bond donors (Lipinski definition) is 0. The fourth-order valence-electron chi connectivity index (χ4n) is 3.80. The molecule has 1 aliphatic carbocycles. The standard InChI is InChI=1S/C25H19F2NO2/c1-2-3-4-15-5-8-19-17(11-15)12-22-20(19)9-10-21(24(22)27)25(29)30-18-7-6-16(14-28)23(26)13-18/h5-11,13H,2-4,12H2,1H3. The molecule has 0 radical (unpaired) electrons. The molecule has 0 aromatic heterocycles. The van der Waals surface area contributed by atoms with Crippen LogP contribution >= 0.6 is 0 Å².